The Balaban J connectivity index is 2.52. The third-order valence-corrected chi connectivity index (χ3v) is 1.71. The number of aromatic amines is 1. The van der Waals surface area contributed by atoms with Crippen LogP contribution in [0.2, 0.25) is 0 Å². The van der Waals surface area contributed by atoms with Gasteiger partial charge in [0.25, 0.3) is 5.56 Å². The maximum Gasteiger partial charge on any atom is 0.311 e. The zero-order valence-electron chi connectivity index (χ0n) is 8.08. The van der Waals surface area contributed by atoms with Crippen molar-refractivity contribution in [3.63, 3.8) is 0 Å². The minimum absolute atomic E-state index is 0.272. The molecule has 0 bridgehead atoms. The van der Waals surface area contributed by atoms with Gasteiger partial charge in [0.15, 0.2) is 0 Å². The van der Waals surface area contributed by atoms with E-state index in [0.717, 1.165) is 12.8 Å². The van der Waals surface area contributed by atoms with E-state index in [2.05, 4.69) is 4.98 Å². The van der Waals surface area contributed by atoms with Crippen molar-refractivity contribution in [2.75, 3.05) is 0 Å². The molecule has 1 aromatic rings. The number of nitrogens with one attached hydrogen (secondary N) is 1. The van der Waals surface area contributed by atoms with E-state index in [1.807, 2.05) is 6.92 Å². The first-order chi connectivity index (χ1) is 6.72. The molecule has 0 saturated carbocycles. The van der Waals surface area contributed by atoms with Crippen LogP contribution in [0.1, 0.15) is 26.2 Å². The van der Waals surface area contributed by atoms with E-state index in [1.165, 1.54) is 12.3 Å². The normalized spacial score (nSPS) is 9.79. The van der Waals surface area contributed by atoms with E-state index in [-0.39, 0.29) is 11.5 Å². The lowest BCUT2D eigenvalue weighted by Crippen LogP contribution is -2.10. The first-order valence-electron chi connectivity index (χ1n) is 4.62. The monoisotopic (exact) mass is 195 g/mol. The Morgan fingerprint density at radius 1 is 1.57 bits per heavy atom. The van der Waals surface area contributed by atoms with Gasteiger partial charge in [0.05, 0.1) is 0 Å². The Bertz CT molecular complexity index is 356. The van der Waals surface area contributed by atoms with Crippen LogP contribution in [0.3, 0.4) is 0 Å². The Labute approximate surface area is 81.9 Å². The number of rotatable bonds is 4. The molecule has 4 heteroatoms. The molecule has 0 aliphatic heterocycles. The van der Waals surface area contributed by atoms with Crippen LogP contribution >= 0.6 is 0 Å². The van der Waals surface area contributed by atoms with Gasteiger partial charge in [0, 0.05) is 18.7 Å². The van der Waals surface area contributed by atoms with Gasteiger partial charge in [-0.15, -0.1) is 0 Å². The minimum Gasteiger partial charge on any atom is -0.426 e. The van der Waals surface area contributed by atoms with E-state index in [9.17, 15) is 9.59 Å². The second-order valence-corrected chi connectivity index (χ2v) is 2.97. The summed E-state index contributed by atoms with van der Waals surface area (Å²) in [6.45, 7) is 2.00. The summed E-state index contributed by atoms with van der Waals surface area (Å²) < 4.78 is 4.94. The Morgan fingerprint density at radius 3 is 3.00 bits per heavy atom. The third kappa shape index (κ3) is 3.43. The molecule has 1 aromatic heterocycles. The molecule has 14 heavy (non-hydrogen) atoms. The van der Waals surface area contributed by atoms with Crippen molar-refractivity contribution in [1.82, 2.24) is 4.98 Å². The van der Waals surface area contributed by atoms with Crippen LogP contribution in [0, 0.1) is 0 Å². The lowest BCUT2D eigenvalue weighted by molar-refractivity contribution is -0.134. The van der Waals surface area contributed by atoms with E-state index >= 15 is 0 Å². The minimum atomic E-state index is -0.294. The first kappa shape index (κ1) is 10.5. The number of aromatic nitrogens is 1. The molecule has 4 nitrogen and oxygen atoms in total. The highest BCUT2D eigenvalue weighted by molar-refractivity contribution is 5.72. The molecule has 1 heterocycles. The van der Waals surface area contributed by atoms with E-state index in [0.29, 0.717) is 12.2 Å². The van der Waals surface area contributed by atoms with Crippen molar-refractivity contribution >= 4 is 5.97 Å². The van der Waals surface area contributed by atoms with Crippen LogP contribution in [-0.4, -0.2) is 11.0 Å². The number of hydrogen-bond acceptors (Lipinski definition) is 3. The Kier molecular flexibility index (Phi) is 3.91. The number of carbonyl (C=O) groups is 1. The average molecular weight is 195 g/mol. The van der Waals surface area contributed by atoms with Gasteiger partial charge in [-0.2, -0.15) is 0 Å². The zero-order chi connectivity index (χ0) is 10.4. The number of ether oxygens (including phenoxy) is 1. The molecule has 0 aliphatic rings. The van der Waals surface area contributed by atoms with Crippen LogP contribution < -0.4 is 10.3 Å². The summed E-state index contributed by atoms with van der Waals surface area (Å²) in [5.74, 6) is 0.00676. The average Bonchev–Trinajstić information content (AvgIpc) is 2.15. The number of hydrogen-bond donors (Lipinski definition) is 1. The fraction of sp³-hybridized carbons (Fsp3) is 0.400. The van der Waals surface area contributed by atoms with Gasteiger partial charge in [-0.3, -0.25) is 9.59 Å². The van der Waals surface area contributed by atoms with Gasteiger partial charge >= 0.3 is 5.97 Å². The summed E-state index contributed by atoms with van der Waals surface area (Å²) in [4.78, 5) is 24.4. The highest BCUT2D eigenvalue weighted by atomic mass is 16.5. The van der Waals surface area contributed by atoms with Crippen LogP contribution in [0.4, 0.5) is 0 Å². The standard InChI is InChI=1S/C10H13NO3/c1-2-3-4-10(13)14-8-5-6-11-9(12)7-8/h5-7H,2-4H2,1H3,(H,11,12). The number of unbranched alkanes of at least 4 members (excludes halogenated alkanes) is 1. The molecule has 0 atom stereocenters. The molecule has 0 amide bonds. The quantitative estimate of drug-likeness (QED) is 0.740. The molecule has 0 radical (unpaired) electrons. The molecule has 0 saturated heterocycles. The molecule has 0 spiro atoms. The van der Waals surface area contributed by atoms with E-state index < -0.39 is 0 Å². The van der Waals surface area contributed by atoms with Gasteiger partial charge in [-0.05, 0) is 12.5 Å². The number of pyridine rings is 1. The zero-order valence-corrected chi connectivity index (χ0v) is 8.08. The number of esters is 1. The van der Waals surface area contributed by atoms with Crippen molar-refractivity contribution in [2.24, 2.45) is 0 Å². The molecule has 76 valence electrons. The van der Waals surface area contributed by atoms with Gasteiger partial charge in [0.1, 0.15) is 5.75 Å². The fourth-order valence-corrected chi connectivity index (χ4v) is 0.992. The smallest absolute Gasteiger partial charge is 0.311 e. The predicted molar refractivity (Wildman–Crippen MR) is 52.2 cm³/mol. The summed E-state index contributed by atoms with van der Waals surface area (Å²) in [7, 11) is 0. The van der Waals surface area contributed by atoms with Gasteiger partial charge < -0.3 is 9.72 Å². The molecular formula is C10H13NO3. The summed E-state index contributed by atoms with van der Waals surface area (Å²) in [6, 6.07) is 2.80. The van der Waals surface area contributed by atoms with E-state index in [1.54, 1.807) is 6.07 Å². The topological polar surface area (TPSA) is 59.2 Å². The Hall–Kier alpha value is -1.58. The summed E-state index contributed by atoms with van der Waals surface area (Å²) in [6.07, 6.45) is 3.60. The predicted octanol–water partition coefficient (Wildman–Crippen LogP) is 1.47. The van der Waals surface area contributed by atoms with Crippen LogP contribution in [0.15, 0.2) is 23.1 Å². The van der Waals surface area contributed by atoms with Crippen LogP contribution in [0.5, 0.6) is 5.75 Å². The maximum atomic E-state index is 11.1. The van der Waals surface area contributed by atoms with Crippen molar-refractivity contribution in [2.45, 2.75) is 26.2 Å². The fourth-order valence-electron chi connectivity index (χ4n) is 0.992. The summed E-state index contributed by atoms with van der Waals surface area (Å²) in [5, 5.41) is 0. The van der Waals surface area contributed by atoms with Crippen molar-refractivity contribution in [1.29, 1.82) is 0 Å². The van der Waals surface area contributed by atoms with Gasteiger partial charge in [-0.1, -0.05) is 13.3 Å². The van der Waals surface area contributed by atoms with Crippen molar-refractivity contribution in [3.8, 4) is 5.75 Å². The summed E-state index contributed by atoms with van der Waals surface area (Å²) in [5.41, 5.74) is -0.272. The maximum absolute atomic E-state index is 11.1. The SMILES string of the molecule is CCCCC(=O)Oc1cc[nH]c(=O)c1. The first-order valence-corrected chi connectivity index (χ1v) is 4.62. The third-order valence-electron chi connectivity index (χ3n) is 1.71. The second kappa shape index (κ2) is 5.21. The molecule has 1 rings (SSSR count). The lowest BCUT2D eigenvalue weighted by atomic mass is 10.2. The van der Waals surface area contributed by atoms with Crippen LogP contribution in [0.25, 0.3) is 0 Å². The molecule has 1 N–H and O–H groups in total. The van der Waals surface area contributed by atoms with Gasteiger partial charge in [0.2, 0.25) is 0 Å². The highest BCUT2D eigenvalue weighted by Gasteiger charge is 2.03. The number of carbonyl (C=O) groups excluding carboxylic acids is 1. The molecule has 0 aromatic carbocycles. The largest absolute Gasteiger partial charge is 0.426 e. The second-order valence-electron chi connectivity index (χ2n) is 2.97. The number of H-pyrrole nitrogens is 1. The summed E-state index contributed by atoms with van der Waals surface area (Å²) >= 11 is 0. The highest BCUT2D eigenvalue weighted by Crippen LogP contribution is 2.06. The molecule has 0 aliphatic carbocycles. The Morgan fingerprint density at radius 2 is 2.36 bits per heavy atom. The van der Waals surface area contributed by atoms with Crippen molar-refractivity contribution in [3.05, 3.63) is 28.7 Å². The van der Waals surface area contributed by atoms with Crippen LogP contribution in [-0.2, 0) is 4.79 Å². The molecule has 0 fully saturated rings. The molecular weight excluding hydrogens is 182 g/mol. The molecule has 0 unspecified atom stereocenters. The lowest BCUT2D eigenvalue weighted by Gasteiger charge is -2.01. The van der Waals surface area contributed by atoms with Crippen molar-refractivity contribution < 1.29 is 9.53 Å². The van der Waals surface area contributed by atoms with E-state index in [4.69, 9.17) is 4.74 Å². The van der Waals surface area contributed by atoms with Gasteiger partial charge in [-0.25, -0.2) is 0 Å².